The monoisotopic (exact) mass is 422 g/mol. The SMILES string of the molecule is NC(=O)C1C(c2cccc(F)c2)=C(Cl)N2CCN(C(=O)NCC3(CO)CC3)CC12. The Labute approximate surface area is 173 Å². The molecule has 4 rings (SSSR count). The maximum absolute atomic E-state index is 13.8. The second-order valence-electron chi connectivity index (χ2n) is 8.12. The van der Waals surface area contributed by atoms with Crippen molar-refractivity contribution in [3.05, 3.63) is 40.8 Å². The molecule has 156 valence electrons. The smallest absolute Gasteiger partial charge is 0.317 e. The number of nitrogens with zero attached hydrogens (tertiary/aromatic N) is 2. The summed E-state index contributed by atoms with van der Waals surface area (Å²) in [5, 5.41) is 12.7. The molecule has 2 atom stereocenters. The summed E-state index contributed by atoms with van der Waals surface area (Å²) in [4.78, 5) is 28.5. The maximum atomic E-state index is 13.8. The molecule has 0 spiro atoms. The predicted octanol–water partition coefficient (Wildman–Crippen LogP) is 1.32. The first-order chi connectivity index (χ1) is 13.8. The zero-order valence-electron chi connectivity index (χ0n) is 15.9. The van der Waals surface area contributed by atoms with Crippen LogP contribution in [0, 0.1) is 17.2 Å². The van der Waals surface area contributed by atoms with Gasteiger partial charge in [-0.1, -0.05) is 23.7 Å². The summed E-state index contributed by atoms with van der Waals surface area (Å²) in [6.45, 7) is 1.65. The second kappa shape index (κ2) is 7.50. The minimum Gasteiger partial charge on any atom is -0.396 e. The number of aliphatic hydroxyl groups is 1. The Balaban J connectivity index is 1.52. The number of nitrogens with one attached hydrogen (secondary N) is 1. The van der Waals surface area contributed by atoms with E-state index in [2.05, 4.69) is 5.32 Å². The second-order valence-corrected chi connectivity index (χ2v) is 8.48. The van der Waals surface area contributed by atoms with Gasteiger partial charge in [0.2, 0.25) is 5.91 Å². The van der Waals surface area contributed by atoms with Gasteiger partial charge in [-0.2, -0.15) is 0 Å². The van der Waals surface area contributed by atoms with Gasteiger partial charge < -0.3 is 26.0 Å². The van der Waals surface area contributed by atoms with Gasteiger partial charge in [0.15, 0.2) is 0 Å². The van der Waals surface area contributed by atoms with Gasteiger partial charge in [0, 0.05) is 37.2 Å². The zero-order chi connectivity index (χ0) is 20.8. The number of carbonyl (C=O) groups is 2. The number of carbonyl (C=O) groups excluding carboxylic acids is 2. The highest BCUT2D eigenvalue weighted by Crippen LogP contribution is 2.45. The number of halogens is 2. The lowest BCUT2D eigenvalue weighted by Crippen LogP contribution is -2.57. The minimum absolute atomic E-state index is 0.0595. The Kier molecular flexibility index (Phi) is 5.16. The van der Waals surface area contributed by atoms with Crippen molar-refractivity contribution in [2.75, 3.05) is 32.8 Å². The number of benzene rings is 1. The molecule has 1 saturated heterocycles. The molecule has 3 aliphatic rings. The van der Waals surface area contributed by atoms with E-state index in [-0.39, 0.29) is 24.6 Å². The van der Waals surface area contributed by atoms with E-state index in [1.807, 2.05) is 4.90 Å². The lowest BCUT2D eigenvalue weighted by Gasteiger charge is -2.40. The van der Waals surface area contributed by atoms with Crippen molar-refractivity contribution >= 4 is 29.1 Å². The van der Waals surface area contributed by atoms with Gasteiger partial charge in [-0.3, -0.25) is 4.79 Å². The van der Waals surface area contributed by atoms with Crippen LogP contribution >= 0.6 is 11.6 Å². The molecule has 3 amide bonds. The number of hydrogen-bond donors (Lipinski definition) is 3. The standard InChI is InChI=1S/C20H24ClFN4O3/c21-17-15(12-2-1-3-13(22)8-12)16(18(23)28)14-9-25(6-7-26(14)17)19(29)24-10-20(11-27)4-5-20/h1-3,8,14,16,27H,4-7,9-11H2,(H2,23,28)(H,24,29). The molecule has 2 unspecified atom stereocenters. The molecule has 4 N–H and O–H groups in total. The molecular weight excluding hydrogens is 399 g/mol. The van der Waals surface area contributed by atoms with Gasteiger partial charge in [0.05, 0.1) is 18.6 Å². The topological polar surface area (TPSA) is 98.9 Å². The van der Waals surface area contributed by atoms with Crippen LogP contribution in [0.3, 0.4) is 0 Å². The quantitative estimate of drug-likeness (QED) is 0.623. The Bertz CT molecular complexity index is 873. The summed E-state index contributed by atoms with van der Waals surface area (Å²) in [5.74, 6) is -1.73. The lowest BCUT2D eigenvalue weighted by atomic mass is 9.88. The van der Waals surface area contributed by atoms with Crippen molar-refractivity contribution in [2.24, 2.45) is 17.1 Å². The summed E-state index contributed by atoms with van der Waals surface area (Å²) >= 11 is 6.58. The van der Waals surface area contributed by atoms with E-state index < -0.39 is 23.7 Å². The van der Waals surface area contributed by atoms with E-state index in [9.17, 15) is 19.1 Å². The van der Waals surface area contributed by atoms with Crippen LogP contribution in [0.1, 0.15) is 18.4 Å². The molecule has 0 radical (unpaired) electrons. The van der Waals surface area contributed by atoms with Crippen LogP contribution in [0.2, 0.25) is 0 Å². The van der Waals surface area contributed by atoms with Gasteiger partial charge in [-0.15, -0.1) is 0 Å². The first-order valence-corrected chi connectivity index (χ1v) is 10.1. The normalized spacial score (nSPS) is 25.1. The fourth-order valence-corrected chi connectivity index (χ4v) is 4.66. The number of fused-ring (bicyclic) bond motifs is 1. The molecule has 1 aromatic carbocycles. The van der Waals surface area contributed by atoms with E-state index in [1.165, 1.54) is 12.1 Å². The average molecular weight is 423 g/mol. The van der Waals surface area contributed by atoms with Gasteiger partial charge in [0.1, 0.15) is 11.0 Å². The number of piperazine rings is 1. The molecule has 29 heavy (non-hydrogen) atoms. The van der Waals surface area contributed by atoms with Crippen LogP contribution in [0.4, 0.5) is 9.18 Å². The van der Waals surface area contributed by atoms with Crippen molar-refractivity contribution in [1.82, 2.24) is 15.1 Å². The molecule has 1 aliphatic carbocycles. The van der Waals surface area contributed by atoms with E-state index >= 15 is 0 Å². The maximum Gasteiger partial charge on any atom is 0.317 e. The summed E-state index contributed by atoms with van der Waals surface area (Å²) in [6, 6.07) is 5.29. The number of urea groups is 1. The largest absolute Gasteiger partial charge is 0.396 e. The molecule has 2 fully saturated rings. The number of rotatable bonds is 5. The first-order valence-electron chi connectivity index (χ1n) is 9.70. The third-order valence-corrected chi connectivity index (χ3v) is 6.65. The van der Waals surface area contributed by atoms with Crippen molar-refractivity contribution in [2.45, 2.75) is 18.9 Å². The van der Waals surface area contributed by atoms with Crippen LogP contribution in [-0.4, -0.2) is 65.7 Å². The highest BCUT2D eigenvalue weighted by Gasteiger charge is 2.47. The fourth-order valence-electron chi connectivity index (χ4n) is 4.23. The van der Waals surface area contributed by atoms with Gasteiger partial charge in [-0.25, -0.2) is 9.18 Å². The number of hydrogen-bond acceptors (Lipinski definition) is 4. The van der Waals surface area contributed by atoms with E-state index in [0.717, 1.165) is 12.8 Å². The van der Waals surface area contributed by atoms with Gasteiger partial charge in [-0.05, 0) is 30.5 Å². The highest BCUT2D eigenvalue weighted by molar-refractivity contribution is 6.33. The van der Waals surface area contributed by atoms with Crippen molar-refractivity contribution in [3.8, 4) is 0 Å². The molecule has 0 bridgehead atoms. The third kappa shape index (κ3) is 3.67. The molecule has 7 nitrogen and oxygen atoms in total. The van der Waals surface area contributed by atoms with Gasteiger partial charge >= 0.3 is 6.03 Å². The number of primary amides is 1. The van der Waals surface area contributed by atoms with E-state index in [0.29, 0.717) is 35.9 Å². The molecule has 2 aliphatic heterocycles. The van der Waals surface area contributed by atoms with Crippen LogP contribution in [-0.2, 0) is 4.79 Å². The van der Waals surface area contributed by atoms with Crippen molar-refractivity contribution in [3.63, 3.8) is 0 Å². The summed E-state index contributed by atoms with van der Waals surface area (Å²) in [6.07, 6.45) is 1.81. The van der Waals surface area contributed by atoms with Crippen molar-refractivity contribution in [1.29, 1.82) is 0 Å². The average Bonchev–Trinajstić information content (AvgIpc) is 3.43. The van der Waals surface area contributed by atoms with Crippen LogP contribution in [0.5, 0.6) is 0 Å². The summed E-state index contributed by atoms with van der Waals surface area (Å²) in [5.41, 5.74) is 6.53. The van der Waals surface area contributed by atoms with Crippen LogP contribution < -0.4 is 11.1 Å². The van der Waals surface area contributed by atoms with Crippen LogP contribution in [0.25, 0.3) is 5.57 Å². The highest BCUT2D eigenvalue weighted by atomic mass is 35.5. The molecule has 1 saturated carbocycles. The Morgan fingerprint density at radius 2 is 2.10 bits per heavy atom. The summed E-state index contributed by atoms with van der Waals surface area (Å²) < 4.78 is 13.8. The first kappa shape index (κ1) is 20.0. The number of nitrogens with two attached hydrogens (primary N) is 1. The minimum atomic E-state index is -0.743. The lowest BCUT2D eigenvalue weighted by molar-refractivity contribution is -0.121. The molecule has 2 heterocycles. The van der Waals surface area contributed by atoms with E-state index in [1.54, 1.807) is 17.0 Å². The Morgan fingerprint density at radius 1 is 1.34 bits per heavy atom. The molecule has 9 heteroatoms. The van der Waals surface area contributed by atoms with Crippen LogP contribution in [0.15, 0.2) is 29.4 Å². The molecular formula is C20H24ClFN4O3. The Morgan fingerprint density at radius 3 is 2.72 bits per heavy atom. The predicted molar refractivity (Wildman–Crippen MR) is 106 cm³/mol. The van der Waals surface area contributed by atoms with Gasteiger partial charge in [0.25, 0.3) is 0 Å². The Hall–Kier alpha value is -2.32. The number of amides is 3. The molecule has 1 aromatic rings. The van der Waals surface area contributed by atoms with Crippen molar-refractivity contribution < 1.29 is 19.1 Å². The zero-order valence-corrected chi connectivity index (χ0v) is 16.7. The third-order valence-electron chi connectivity index (χ3n) is 6.23. The number of aliphatic hydroxyl groups excluding tert-OH is 1. The molecule has 0 aromatic heterocycles. The summed E-state index contributed by atoms with van der Waals surface area (Å²) in [7, 11) is 0. The fraction of sp³-hybridized carbons (Fsp3) is 0.500. The van der Waals surface area contributed by atoms with E-state index in [4.69, 9.17) is 17.3 Å².